The molecule has 1 fully saturated rings. The lowest BCUT2D eigenvalue weighted by atomic mass is 10.3. The third-order valence-corrected chi connectivity index (χ3v) is 2.67. The average molecular weight is 380 g/mol. The Balaban J connectivity index is 0.00000324. The van der Waals surface area contributed by atoms with E-state index in [-0.39, 0.29) is 30.1 Å². The number of piperazine rings is 1. The first-order valence-electron chi connectivity index (χ1n) is 6.03. The van der Waals surface area contributed by atoms with Crippen molar-refractivity contribution in [2.75, 3.05) is 46.4 Å². The fourth-order valence-electron chi connectivity index (χ4n) is 1.78. The number of hydrogen-bond acceptors (Lipinski definition) is 3. The van der Waals surface area contributed by atoms with Crippen molar-refractivity contribution < 1.29 is 9.53 Å². The van der Waals surface area contributed by atoms with Crippen LogP contribution in [0.25, 0.3) is 0 Å². The summed E-state index contributed by atoms with van der Waals surface area (Å²) in [5.41, 5.74) is 0. The maximum atomic E-state index is 11.5. The highest BCUT2D eigenvalue weighted by molar-refractivity contribution is 14.0. The van der Waals surface area contributed by atoms with Crippen LogP contribution in [0.1, 0.15) is 6.92 Å². The van der Waals surface area contributed by atoms with Crippen LogP contribution >= 0.6 is 24.0 Å². The highest BCUT2D eigenvalue weighted by atomic mass is 127. The van der Waals surface area contributed by atoms with E-state index in [9.17, 15) is 4.79 Å². The number of carbonyl (C=O) groups is 1. The molecule has 1 heterocycles. The van der Waals surface area contributed by atoms with Crippen molar-refractivity contribution in [3.05, 3.63) is 0 Å². The summed E-state index contributed by atoms with van der Waals surface area (Å²) in [7, 11) is 1.72. The molecule has 1 saturated heterocycles. The number of carbonyl (C=O) groups excluding carboxylic acids is 1. The van der Waals surface area contributed by atoms with Crippen LogP contribution in [0.2, 0.25) is 0 Å². The SMILES string of the molecule is C#CCNC(=NC)N1CCN(C(=O)OCC)CC1.I. The molecule has 0 atom stereocenters. The van der Waals surface area contributed by atoms with E-state index in [1.165, 1.54) is 0 Å². The van der Waals surface area contributed by atoms with Crippen molar-refractivity contribution in [1.82, 2.24) is 15.1 Å². The number of amides is 1. The van der Waals surface area contributed by atoms with Crippen molar-refractivity contribution in [2.45, 2.75) is 6.92 Å². The molecule has 7 heteroatoms. The zero-order chi connectivity index (χ0) is 13.4. The summed E-state index contributed by atoms with van der Waals surface area (Å²) in [5.74, 6) is 3.29. The second-order valence-electron chi connectivity index (χ2n) is 3.78. The van der Waals surface area contributed by atoms with Gasteiger partial charge in [-0.3, -0.25) is 4.99 Å². The Labute approximate surface area is 131 Å². The fourth-order valence-corrected chi connectivity index (χ4v) is 1.78. The number of guanidine groups is 1. The van der Waals surface area contributed by atoms with Crippen LogP contribution < -0.4 is 5.32 Å². The predicted octanol–water partition coefficient (Wildman–Crippen LogP) is 0.587. The molecule has 1 aliphatic rings. The number of rotatable bonds is 2. The minimum Gasteiger partial charge on any atom is -0.450 e. The van der Waals surface area contributed by atoms with Crippen molar-refractivity contribution in [3.63, 3.8) is 0 Å². The third kappa shape index (κ3) is 5.55. The van der Waals surface area contributed by atoms with Gasteiger partial charge in [0, 0.05) is 33.2 Å². The van der Waals surface area contributed by atoms with E-state index in [1.807, 2.05) is 0 Å². The quantitative estimate of drug-likeness (QED) is 0.330. The number of nitrogens with one attached hydrogen (secondary N) is 1. The monoisotopic (exact) mass is 380 g/mol. The normalized spacial score (nSPS) is 15.3. The number of terminal acetylenes is 1. The second kappa shape index (κ2) is 9.72. The molecule has 6 nitrogen and oxygen atoms in total. The Morgan fingerprint density at radius 2 is 1.95 bits per heavy atom. The van der Waals surface area contributed by atoms with Crippen LogP contribution in [0, 0.1) is 12.3 Å². The standard InChI is InChI=1S/C12H20N4O2.HI/c1-4-6-14-11(13-3)15-7-9-16(10-8-15)12(17)18-5-2;/h1H,5-10H2,2-3H3,(H,13,14);1H. The van der Waals surface area contributed by atoms with Gasteiger partial charge >= 0.3 is 6.09 Å². The molecule has 0 unspecified atom stereocenters. The van der Waals surface area contributed by atoms with Crippen LogP contribution in [-0.2, 0) is 4.74 Å². The Bertz CT molecular complexity index is 346. The molecule has 0 spiro atoms. The van der Waals surface area contributed by atoms with E-state index in [0.29, 0.717) is 26.2 Å². The highest BCUT2D eigenvalue weighted by Crippen LogP contribution is 2.04. The van der Waals surface area contributed by atoms with Gasteiger partial charge < -0.3 is 19.9 Å². The summed E-state index contributed by atoms with van der Waals surface area (Å²) in [4.78, 5) is 19.5. The lowest BCUT2D eigenvalue weighted by Gasteiger charge is -2.35. The summed E-state index contributed by atoms with van der Waals surface area (Å²) in [6.07, 6.45) is 4.95. The maximum Gasteiger partial charge on any atom is 0.409 e. The van der Waals surface area contributed by atoms with Crippen LogP contribution in [0.4, 0.5) is 4.79 Å². The Morgan fingerprint density at radius 3 is 2.42 bits per heavy atom. The Morgan fingerprint density at radius 1 is 1.37 bits per heavy atom. The van der Waals surface area contributed by atoms with Crippen LogP contribution in [0.3, 0.4) is 0 Å². The molecule has 1 aliphatic heterocycles. The molecule has 0 radical (unpaired) electrons. The van der Waals surface area contributed by atoms with Gasteiger partial charge in [-0.25, -0.2) is 4.79 Å². The average Bonchev–Trinajstić information content (AvgIpc) is 2.40. The minimum atomic E-state index is -0.247. The largest absolute Gasteiger partial charge is 0.450 e. The maximum absolute atomic E-state index is 11.5. The van der Waals surface area contributed by atoms with Gasteiger partial charge in [0.1, 0.15) is 0 Å². The van der Waals surface area contributed by atoms with Gasteiger partial charge in [0.2, 0.25) is 0 Å². The number of nitrogens with zero attached hydrogens (tertiary/aromatic N) is 3. The van der Waals surface area contributed by atoms with E-state index < -0.39 is 0 Å². The van der Waals surface area contributed by atoms with Crippen molar-refractivity contribution in [3.8, 4) is 12.3 Å². The first-order valence-corrected chi connectivity index (χ1v) is 6.03. The van der Waals surface area contributed by atoms with Gasteiger partial charge in [-0.2, -0.15) is 0 Å². The molecule has 0 aliphatic carbocycles. The van der Waals surface area contributed by atoms with Crippen molar-refractivity contribution in [1.29, 1.82) is 0 Å². The molecule has 0 aromatic carbocycles. The lowest BCUT2D eigenvalue weighted by Crippen LogP contribution is -2.53. The molecule has 0 saturated carbocycles. The number of aliphatic imine (C=N–C) groups is 1. The van der Waals surface area contributed by atoms with E-state index >= 15 is 0 Å². The second-order valence-corrected chi connectivity index (χ2v) is 3.78. The summed E-state index contributed by atoms with van der Waals surface area (Å²) in [5, 5.41) is 3.06. The molecule has 1 amide bonds. The molecule has 19 heavy (non-hydrogen) atoms. The van der Waals surface area contributed by atoms with E-state index in [1.54, 1.807) is 18.9 Å². The van der Waals surface area contributed by atoms with Gasteiger partial charge in [0.05, 0.1) is 13.2 Å². The third-order valence-electron chi connectivity index (χ3n) is 2.67. The summed E-state index contributed by atoms with van der Waals surface area (Å²) >= 11 is 0. The van der Waals surface area contributed by atoms with Gasteiger partial charge in [-0.15, -0.1) is 30.4 Å². The lowest BCUT2D eigenvalue weighted by molar-refractivity contribution is 0.0915. The number of halogens is 1. The predicted molar refractivity (Wildman–Crippen MR) is 85.8 cm³/mol. The van der Waals surface area contributed by atoms with Crippen LogP contribution in [-0.4, -0.2) is 68.2 Å². The Kier molecular flexibility index (Phi) is 9.12. The molecule has 0 aromatic heterocycles. The first kappa shape index (κ1) is 17.8. The summed E-state index contributed by atoms with van der Waals surface area (Å²) in [6.45, 7) is 5.38. The topological polar surface area (TPSA) is 57.2 Å². The van der Waals surface area contributed by atoms with E-state index in [2.05, 4.69) is 21.1 Å². The molecule has 0 bridgehead atoms. The number of ether oxygens (including phenoxy) is 1. The van der Waals surface area contributed by atoms with Gasteiger partial charge in [0.25, 0.3) is 0 Å². The smallest absolute Gasteiger partial charge is 0.409 e. The van der Waals surface area contributed by atoms with Crippen molar-refractivity contribution >= 4 is 36.0 Å². The first-order chi connectivity index (χ1) is 8.72. The minimum absolute atomic E-state index is 0. The van der Waals surface area contributed by atoms with Crippen LogP contribution in [0.5, 0.6) is 0 Å². The van der Waals surface area contributed by atoms with Crippen LogP contribution in [0.15, 0.2) is 4.99 Å². The van der Waals surface area contributed by atoms with E-state index in [0.717, 1.165) is 19.0 Å². The molecular weight excluding hydrogens is 359 g/mol. The van der Waals surface area contributed by atoms with E-state index in [4.69, 9.17) is 11.2 Å². The molecule has 0 aromatic rings. The zero-order valence-corrected chi connectivity index (χ0v) is 13.7. The van der Waals surface area contributed by atoms with Gasteiger partial charge in [-0.05, 0) is 6.92 Å². The van der Waals surface area contributed by atoms with Gasteiger partial charge in [0.15, 0.2) is 5.96 Å². The summed E-state index contributed by atoms with van der Waals surface area (Å²) < 4.78 is 4.96. The van der Waals surface area contributed by atoms with Crippen molar-refractivity contribution in [2.24, 2.45) is 4.99 Å². The number of hydrogen-bond donors (Lipinski definition) is 1. The summed E-state index contributed by atoms with van der Waals surface area (Å²) in [6, 6.07) is 0. The molecule has 1 N–H and O–H groups in total. The Hall–Kier alpha value is -1.17. The fraction of sp³-hybridized carbons (Fsp3) is 0.667. The molecule has 1 rings (SSSR count). The molecular formula is C12H21IN4O2. The van der Waals surface area contributed by atoms with Gasteiger partial charge in [-0.1, -0.05) is 5.92 Å². The molecule has 108 valence electrons. The zero-order valence-electron chi connectivity index (χ0n) is 11.4. The highest BCUT2D eigenvalue weighted by Gasteiger charge is 2.23.